The van der Waals surface area contributed by atoms with Crippen molar-refractivity contribution in [2.45, 2.75) is 19.8 Å². The predicted molar refractivity (Wildman–Crippen MR) is 65.9 cm³/mol. The van der Waals surface area contributed by atoms with Crippen molar-refractivity contribution in [3.8, 4) is 0 Å². The summed E-state index contributed by atoms with van der Waals surface area (Å²) >= 11 is 8.37. The lowest BCUT2D eigenvalue weighted by molar-refractivity contribution is 0.0916. The highest BCUT2D eigenvalue weighted by Crippen LogP contribution is 2.40. The molecule has 1 unspecified atom stereocenters. The van der Waals surface area contributed by atoms with Crippen LogP contribution in [0.15, 0.2) is 13.6 Å². The summed E-state index contributed by atoms with van der Waals surface area (Å²) in [6.07, 6.45) is 2.44. The number of rotatable bonds is 3. The molecule has 4 heteroatoms. The number of hydrogen-bond acceptors (Lipinski definition) is 2. The molecule has 0 radical (unpaired) electrons. The first-order valence-electron chi connectivity index (χ1n) is 4.58. The fourth-order valence-electron chi connectivity index (χ4n) is 1.56. The number of halogens is 2. The largest absolute Gasteiger partial charge is 0.294 e. The van der Waals surface area contributed by atoms with Crippen LogP contribution in [0.1, 0.15) is 30.1 Å². The first-order valence-corrected chi connectivity index (χ1v) is 6.99. The molecule has 0 saturated heterocycles. The van der Waals surface area contributed by atoms with Gasteiger partial charge in [0, 0.05) is 11.5 Å². The zero-order valence-electron chi connectivity index (χ0n) is 7.72. The average Bonchev–Trinajstić information content (AvgIpc) is 2.90. The maximum atomic E-state index is 12.0. The molecule has 1 aromatic heterocycles. The van der Waals surface area contributed by atoms with Gasteiger partial charge in [-0.15, -0.1) is 11.3 Å². The van der Waals surface area contributed by atoms with Crippen molar-refractivity contribution < 1.29 is 4.79 Å². The molecule has 0 aromatic carbocycles. The van der Waals surface area contributed by atoms with E-state index in [1.165, 1.54) is 12.8 Å². The minimum absolute atomic E-state index is 0.188. The van der Waals surface area contributed by atoms with Crippen molar-refractivity contribution in [2.75, 3.05) is 0 Å². The predicted octanol–water partition coefficient (Wildman–Crippen LogP) is 4.50. The molecule has 0 spiro atoms. The molecular formula is C10H10Br2OS. The zero-order chi connectivity index (χ0) is 10.3. The van der Waals surface area contributed by atoms with Gasteiger partial charge in [-0.25, -0.2) is 0 Å². The number of carbonyl (C=O) groups excluding carboxylic acids is 1. The van der Waals surface area contributed by atoms with Crippen LogP contribution in [0.4, 0.5) is 0 Å². The van der Waals surface area contributed by atoms with Crippen LogP contribution in [0, 0.1) is 11.8 Å². The summed E-state index contributed by atoms with van der Waals surface area (Å²) in [7, 11) is 0. The number of carbonyl (C=O) groups is 1. The zero-order valence-corrected chi connectivity index (χ0v) is 11.7. The molecule has 0 N–H and O–H groups in total. The van der Waals surface area contributed by atoms with E-state index < -0.39 is 0 Å². The monoisotopic (exact) mass is 336 g/mol. The van der Waals surface area contributed by atoms with E-state index in [2.05, 4.69) is 31.9 Å². The Bertz CT molecular complexity index is 368. The van der Waals surface area contributed by atoms with Crippen molar-refractivity contribution in [3.05, 3.63) is 19.2 Å². The van der Waals surface area contributed by atoms with Crippen LogP contribution in [0.3, 0.4) is 0 Å². The Kier molecular flexibility index (Phi) is 3.15. The van der Waals surface area contributed by atoms with E-state index >= 15 is 0 Å². The number of thiophene rings is 1. The Labute approximate surface area is 104 Å². The highest BCUT2D eigenvalue weighted by atomic mass is 79.9. The van der Waals surface area contributed by atoms with Crippen molar-refractivity contribution >= 4 is 49.0 Å². The second kappa shape index (κ2) is 4.06. The van der Waals surface area contributed by atoms with Crippen LogP contribution in [-0.2, 0) is 0 Å². The van der Waals surface area contributed by atoms with E-state index in [-0.39, 0.29) is 11.7 Å². The standard InChI is InChI=1S/C10H10Br2OS/c1-5(6-2-3-6)9(13)7-4-8(11)14-10(7)12/h4-6H,2-3H2,1H3. The van der Waals surface area contributed by atoms with Gasteiger partial charge in [0.1, 0.15) is 0 Å². The van der Waals surface area contributed by atoms with Gasteiger partial charge in [-0.3, -0.25) is 4.79 Å². The molecule has 0 aliphatic heterocycles. The molecule has 1 nitrogen and oxygen atoms in total. The van der Waals surface area contributed by atoms with Crippen molar-refractivity contribution in [1.29, 1.82) is 0 Å². The van der Waals surface area contributed by atoms with Crippen LogP contribution in [0.2, 0.25) is 0 Å². The van der Waals surface area contributed by atoms with Gasteiger partial charge in [0.2, 0.25) is 0 Å². The minimum atomic E-state index is 0.188. The Morgan fingerprint density at radius 1 is 1.57 bits per heavy atom. The lowest BCUT2D eigenvalue weighted by Crippen LogP contribution is -2.12. The highest BCUT2D eigenvalue weighted by Gasteiger charge is 2.34. The summed E-state index contributed by atoms with van der Waals surface area (Å²) in [5, 5.41) is 0. The lowest BCUT2D eigenvalue weighted by Gasteiger charge is -2.07. The quantitative estimate of drug-likeness (QED) is 0.742. The van der Waals surface area contributed by atoms with E-state index in [0.717, 1.165) is 13.1 Å². The van der Waals surface area contributed by atoms with E-state index in [1.807, 2.05) is 13.0 Å². The summed E-state index contributed by atoms with van der Waals surface area (Å²) < 4.78 is 1.96. The fourth-order valence-corrected chi connectivity index (χ4v) is 4.38. The summed E-state index contributed by atoms with van der Waals surface area (Å²) in [4.78, 5) is 12.0. The van der Waals surface area contributed by atoms with Gasteiger partial charge in [-0.1, -0.05) is 6.92 Å². The molecule has 0 bridgehead atoms. The normalized spacial score (nSPS) is 18.2. The maximum Gasteiger partial charge on any atom is 0.167 e. The third kappa shape index (κ3) is 2.12. The van der Waals surface area contributed by atoms with Gasteiger partial charge in [-0.05, 0) is 56.7 Å². The number of ketones is 1. The van der Waals surface area contributed by atoms with Crippen molar-refractivity contribution in [1.82, 2.24) is 0 Å². The van der Waals surface area contributed by atoms with Crippen LogP contribution in [0.25, 0.3) is 0 Å². The third-order valence-electron chi connectivity index (χ3n) is 2.66. The van der Waals surface area contributed by atoms with Crippen LogP contribution in [-0.4, -0.2) is 5.78 Å². The summed E-state index contributed by atoms with van der Waals surface area (Å²) in [6.45, 7) is 2.04. The minimum Gasteiger partial charge on any atom is -0.294 e. The second-order valence-electron chi connectivity index (χ2n) is 3.73. The summed E-state index contributed by atoms with van der Waals surface area (Å²) in [6, 6.07) is 1.91. The molecule has 2 rings (SSSR count). The third-order valence-corrected chi connectivity index (χ3v) is 5.00. The first-order chi connectivity index (χ1) is 6.59. The van der Waals surface area contributed by atoms with Gasteiger partial charge in [0.15, 0.2) is 5.78 Å². The molecular weight excluding hydrogens is 328 g/mol. The first kappa shape index (κ1) is 10.8. The van der Waals surface area contributed by atoms with Gasteiger partial charge in [0.25, 0.3) is 0 Å². The van der Waals surface area contributed by atoms with Crippen LogP contribution >= 0.6 is 43.2 Å². The van der Waals surface area contributed by atoms with Gasteiger partial charge in [-0.2, -0.15) is 0 Å². The molecule has 14 heavy (non-hydrogen) atoms. The second-order valence-corrected chi connectivity index (χ2v) is 7.48. The van der Waals surface area contributed by atoms with Crippen LogP contribution < -0.4 is 0 Å². The number of Topliss-reactive ketones (excluding diaryl/α,β-unsaturated/α-hetero) is 1. The van der Waals surface area contributed by atoms with E-state index in [0.29, 0.717) is 5.92 Å². The topological polar surface area (TPSA) is 17.1 Å². The number of hydrogen-bond donors (Lipinski definition) is 0. The SMILES string of the molecule is CC(C(=O)c1cc(Br)sc1Br)C1CC1. The van der Waals surface area contributed by atoms with Crippen LogP contribution in [0.5, 0.6) is 0 Å². The molecule has 76 valence electrons. The van der Waals surface area contributed by atoms with Gasteiger partial charge < -0.3 is 0 Å². The Hall–Kier alpha value is 0.330. The molecule has 1 saturated carbocycles. The molecule has 1 aliphatic carbocycles. The van der Waals surface area contributed by atoms with E-state index in [4.69, 9.17) is 0 Å². The molecule has 1 aromatic rings. The summed E-state index contributed by atoms with van der Waals surface area (Å²) in [5.74, 6) is 1.10. The summed E-state index contributed by atoms with van der Waals surface area (Å²) in [5.41, 5.74) is 0.835. The maximum absolute atomic E-state index is 12.0. The fraction of sp³-hybridized carbons (Fsp3) is 0.500. The smallest absolute Gasteiger partial charge is 0.167 e. The van der Waals surface area contributed by atoms with Gasteiger partial charge >= 0.3 is 0 Å². The van der Waals surface area contributed by atoms with Crippen molar-refractivity contribution in [3.63, 3.8) is 0 Å². The lowest BCUT2D eigenvalue weighted by atomic mass is 9.97. The molecule has 0 amide bonds. The van der Waals surface area contributed by atoms with Crippen molar-refractivity contribution in [2.24, 2.45) is 11.8 Å². The Balaban J connectivity index is 2.21. The van der Waals surface area contributed by atoms with Gasteiger partial charge in [0.05, 0.1) is 7.57 Å². The molecule has 1 fully saturated rings. The van der Waals surface area contributed by atoms with E-state index in [1.54, 1.807) is 11.3 Å². The Morgan fingerprint density at radius 2 is 2.21 bits per heavy atom. The Morgan fingerprint density at radius 3 is 2.64 bits per heavy atom. The molecule has 1 heterocycles. The molecule has 1 atom stereocenters. The average molecular weight is 338 g/mol. The highest BCUT2D eigenvalue weighted by molar-refractivity contribution is 9.12. The van der Waals surface area contributed by atoms with E-state index in [9.17, 15) is 4.79 Å². The molecule has 1 aliphatic rings.